The summed E-state index contributed by atoms with van der Waals surface area (Å²) in [5.41, 5.74) is 5.89. The van der Waals surface area contributed by atoms with Gasteiger partial charge in [0.15, 0.2) is 0 Å². The second-order valence-electron chi connectivity index (χ2n) is 5.09. The van der Waals surface area contributed by atoms with Crippen LogP contribution in [0.3, 0.4) is 0 Å². The van der Waals surface area contributed by atoms with Crippen molar-refractivity contribution in [2.75, 3.05) is 33.4 Å². The predicted octanol–water partition coefficient (Wildman–Crippen LogP) is 0.542. The topological polar surface area (TPSA) is 81.9 Å². The molecule has 116 valence electrons. The molecule has 1 aliphatic heterocycles. The van der Waals surface area contributed by atoms with Crippen molar-refractivity contribution in [2.45, 2.75) is 38.6 Å². The summed E-state index contributed by atoms with van der Waals surface area (Å²) in [5, 5.41) is 0. The Balaban J connectivity index is 2.33. The van der Waals surface area contributed by atoms with Crippen LogP contribution in [0, 0.1) is 5.92 Å². The molecular formula is C14H26N2O4. The molecule has 1 heterocycles. The summed E-state index contributed by atoms with van der Waals surface area (Å²) in [6.45, 7) is 3.99. The van der Waals surface area contributed by atoms with Crippen molar-refractivity contribution in [2.24, 2.45) is 11.7 Å². The minimum Gasteiger partial charge on any atom is -0.466 e. The molecule has 2 N–H and O–H groups in total. The van der Waals surface area contributed by atoms with Gasteiger partial charge in [-0.1, -0.05) is 0 Å². The van der Waals surface area contributed by atoms with Crippen LogP contribution in [-0.2, 0) is 19.1 Å². The lowest BCUT2D eigenvalue weighted by molar-refractivity contribution is -0.151. The average molecular weight is 286 g/mol. The molecule has 0 spiro atoms. The number of nitrogens with two attached hydrogens (primary N) is 1. The van der Waals surface area contributed by atoms with Crippen molar-refractivity contribution in [1.29, 1.82) is 0 Å². The fourth-order valence-electron chi connectivity index (χ4n) is 2.40. The summed E-state index contributed by atoms with van der Waals surface area (Å²) < 4.78 is 9.96. The van der Waals surface area contributed by atoms with Gasteiger partial charge in [0.1, 0.15) is 0 Å². The lowest BCUT2D eigenvalue weighted by Gasteiger charge is -2.32. The Kier molecular flexibility index (Phi) is 7.54. The van der Waals surface area contributed by atoms with Crippen molar-refractivity contribution < 1.29 is 19.1 Å². The first kappa shape index (κ1) is 16.9. The highest BCUT2D eigenvalue weighted by Gasteiger charge is 2.29. The van der Waals surface area contributed by atoms with Crippen molar-refractivity contribution in [3.05, 3.63) is 0 Å². The van der Waals surface area contributed by atoms with Crippen LogP contribution in [0.5, 0.6) is 0 Å². The Morgan fingerprint density at radius 3 is 2.55 bits per heavy atom. The highest BCUT2D eigenvalue weighted by atomic mass is 16.5. The molecule has 0 aromatic rings. The average Bonchev–Trinajstić information content (AvgIpc) is 2.47. The van der Waals surface area contributed by atoms with Gasteiger partial charge in [-0.05, 0) is 32.6 Å². The van der Waals surface area contributed by atoms with Gasteiger partial charge in [-0.25, -0.2) is 0 Å². The van der Waals surface area contributed by atoms with Gasteiger partial charge >= 0.3 is 5.97 Å². The van der Waals surface area contributed by atoms with Gasteiger partial charge in [0.25, 0.3) is 0 Å². The molecule has 0 aliphatic carbocycles. The fourth-order valence-corrected chi connectivity index (χ4v) is 2.40. The van der Waals surface area contributed by atoms with Crippen molar-refractivity contribution >= 4 is 11.9 Å². The van der Waals surface area contributed by atoms with Gasteiger partial charge in [0.2, 0.25) is 5.91 Å². The first-order chi connectivity index (χ1) is 9.60. The highest BCUT2D eigenvalue weighted by Crippen LogP contribution is 2.19. The molecule has 0 aromatic heterocycles. The van der Waals surface area contributed by atoms with E-state index in [0.717, 1.165) is 6.42 Å². The van der Waals surface area contributed by atoms with Crippen LogP contribution in [0.2, 0.25) is 0 Å². The largest absolute Gasteiger partial charge is 0.466 e. The van der Waals surface area contributed by atoms with E-state index in [1.807, 2.05) is 0 Å². The lowest BCUT2D eigenvalue weighted by Crippen LogP contribution is -2.48. The number of carbonyl (C=O) groups is 2. The number of esters is 1. The number of nitrogens with zero attached hydrogens (tertiary/aromatic N) is 1. The first-order valence-electron chi connectivity index (χ1n) is 7.30. The maximum atomic E-state index is 12.1. The Bertz CT molecular complexity index is 314. The summed E-state index contributed by atoms with van der Waals surface area (Å²) in [4.78, 5) is 25.5. The zero-order chi connectivity index (χ0) is 15.0. The van der Waals surface area contributed by atoms with Crippen LogP contribution in [0.15, 0.2) is 0 Å². The zero-order valence-electron chi connectivity index (χ0n) is 12.5. The second kappa shape index (κ2) is 8.92. The Morgan fingerprint density at radius 1 is 1.35 bits per heavy atom. The van der Waals surface area contributed by atoms with Gasteiger partial charge < -0.3 is 20.1 Å². The summed E-state index contributed by atoms with van der Waals surface area (Å²) in [5.74, 6) is -0.254. The third-order valence-electron chi connectivity index (χ3n) is 3.61. The van der Waals surface area contributed by atoms with E-state index in [-0.39, 0.29) is 17.8 Å². The molecule has 1 aliphatic rings. The van der Waals surface area contributed by atoms with Gasteiger partial charge in [0.05, 0.1) is 18.6 Å². The maximum absolute atomic E-state index is 12.1. The molecule has 1 fully saturated rings. The number of hydrogen-bond donors (Lipinski definition) is 1. The smallest absolute Gasteiger partial charge is 0.309 e. The normalized spacial score (nSPS) is 17.9. The standard InChI is InChI=1S/C14H26N2O4/c1-3-20-14(18)11-6-8-16(9-7-11)13(17)12(15)5-4-10-19-2/h11-12H,3-10,15H2,1-2H3. The van der Waals surface area contributed by atoms with Gasteiger partial charge in [0, 0.05) is 26.8 Å². The van der Waals surface area contributed by atoms with E-state index < -0.39 is 6.04 Å². The highest BCUT2D eigenvalue weighted by molar-refractivity contribution is 5.82. The number of likely N-dealkylation sites (tertiary alicyclic amines) is 1. The molecule has 6 heteroatoms. The third-order valence-corrected chi connectivity index (χ3v) is 3.61. The summed E-state index contributed by atoms with van der Waals surface area (Å²) in [7, 11) is 1.63. The van der Waals surface area contributed by atoms with E-state index in [1.54, 1.807) is 18.9 Å². The van der Waals surface area contributed by atoms with Crippen molar-refractivity contribution in [3.8, 4) is 0 Å². The molecule has 0 bridgehead atoms. The summed E-state index contributed by atoms with van der Waals surface area (Å²) in [6.07, 6.45) is 2.73. The van der Waals surface area contributed by atoms with E-state index in [1.165, 1.54) is 0 Å². The van der Waals surface area contributed by atoms with Gasteiger partial charge in [-0.3, -0.25) is 9.59 Å². The van der Waals surface area contributed by atoms with Crippen molar-refractivity contribution in [1.82, 2.24) is 4.90 Å². The number of hydrogen-bond acceptors (Lipinski definition) is 5. The minimum atomic E-state index is -0.468. The number of ether oxygens (including phenoxy) is 2. The number of carbonyl (C=O) groups excluding carboxylic acids is 2. The molecule has 0 aromatic carbocycles. The van der Waals surface area contributed by atoms with E-state index >= 15 is 0 Å². The van der Waals surface area contributed by atoms with Crippen LogP contribution in [-0.4, -0.2) is 56.2 Å². The Labute approximate surface area is 120 Å². The molecule has 1 unspecified atom stereocenters. The van der Waals surface area contributed by atoms with Crippen LogP contribution in [0.1, 0.15) is 32.6 Å². The maximum Gasteiger partial charge on any atom is 0.309 e. The van der Waals surface area contributed by atoms with Crippen LogP contribution < -0.4 is 5.73 Å². The lowest BCUT2D eigenvalue weighted by atomic mass is 9.96. The summed E-state index contributed by atoms with van der Waals surface area (Å²) in [6, 6.07) is -0.468. The molecule has 0 radical (unpaired) electrons. The number of rotatable bonds is 7. The van der Waals surface area contributed by atoms with Crippen LogP contribution in [0.25, 0.3) is 0 Å². The van der Waals surface area contributed by atoms with Gasteiger partial charge in [-0.2, -0.15) is 0 Å². The monoisotopic (exact) mass is 286 g/mol. The van der Waals surface area contributed by atoms with E-state index in [0.29, 0.717) is 45.6 Å². The van der Waals surface area contributed by atoms with E-state index in [4.69, 9.17) is 15.2 Å². The molecule has 1 rings (SSSR count). The molecule has 20 heavy (non-hydrogen) atoms. The molecule has 6 nitrogen and oxygen atoms in total. The Morgan fingerprint density at radius 2 is 2.00 bits per heavy atom. The zero-order valence-corrected chi connectivity index (χ0v) is 12.5. The number of methoxy groups -OCH3 is 1. The molecule has 1 atom stereocenters. The third kappa shape index (κ3) is 5.09. The fraction of sp³-hybridized carbons (Fsp3) is 0.857. The van der Waals surface area contributed by atoms with Gasteiger partial charge in [-0.15, -0.1) is 0 Å². The first-order valence-corrected chi connectivity index (χ1v) is 7.30. The second-order valence-corrected chi connectivity index (χ2v) is 5.09. The summed E-state index contributed by atoms with van der Waals surface area (Å²) >= 11 is 0. The van der Waals surface area contributed by atoms with E-state index in [9.17, 15) is 9.59 Å². The van der Waals surface area contributed by atoms with Crippen molar-refractivity contribution in [3.63, 3.8) is 0 Å². The molecule has 0 saturated carbocycles. The molecular weight excluding hydrogens is 260 g/mol. The van der Waals surface area contributed by atoms with E-state index in [2.05, 4.69) is 0 Å². The van der Waals surface area contributed by atoms with Crippen LogP contribution in [0.4, 0.5) is 0 Å². The number of piperidine rings is 1. The Hall–Kier alpha value is -1.14. The molecule has 1 saturated heterocycles. The quantitative estimate of drug-likeness (QED) is 0.546. The minimum absolute atomic E-state index is 0.0246. The predicted molar refractivity (Wildman–Crippen MR) is 75.0 cm³/mol. The van der Waals surface area contributed by atoms with Crippen LogP contribution >= 0.6 is 0 Å². The molecule has 1 amide bonds. The SMILES string of the molecule is CCOC(=O)C1CCN(C(=O)C(N)CCCOC)CC1. The number of amides is 1.